The molecule has 0 bridgehead atoms. The molecule has 4 nitrogen and oxygen atoms in total. The summed E-state index contributed by atoms with van der Waals surface area (Å²) in [6.45, 7) is 9.88. The lowest BCUT2D eigenvalue weighted by molar-refractivity contribution is 0.0563. The molecule has 3 atom stereocenters. The summed E-state index contributed by atoms with van der Waals surface area (Å²) in [5.74, 6) is 0. The van der Waals surface area contributed by atoms with Crippen LogP contribution >= 0.6 is 0 Å². The Balaban J connectivity index is 1.91. The van der Waals surface area contributed by atoms with Gasteiger partial charge in [0.05, 0.1) is 12.7 Å². The Morgan fingerprint density at radius 3 is 2.75 bits per heavy atom. The Kier molecular flexibility index (Phi) is 5.84. The van der Waals surface area contributed by atoms with E-state index in [2.05, 4.69) is 31.0 Å². The van der Waals surface area contributed by atoms with E-state index in [-0.39, 0.29) is 12.1 Å². The Morgan fingerprint density at radius 1 is 1.40 bits per heavy atom. The molecular weight excluding hydrogens is 252 g/mol. The first kappa shape index (κ1) is 16.2. The minimum atomic E-state index is -0.0667. The van der Waals surface area contributed by atoms with Gasteiger partial charge in [-0.25, -0.2) is 0 Å². The van der Waals surface area contributed by atoms with Crippen LogP contribution in [0.1, 0.15) is 52.9 Å². The quantitative estimate of drug-likeness (QED) is 0.748. The summed E-state index contributed by atoms with van der Waals surface area (Å²) in [6, 6.07) is 1.01. The molecule has 2 N–H and O–H groups in total. The zero-order chi connectivity index (χ0) is 14.6. The molecule has 3 unspecified atom stereocenters. The van der Waals surface area contributed by atoms with Crippen LogP contribution in [0.25, 0.3) is 0 Å². The summed E-state index contributed by atoms with van der Waals surface area (Å²) < 4.78 is 5.78. The first-order valence-electron chi connectivity index (χ1n) is 8.33. The fourth-order valence-electron chi connectivity index (χ4n) is 3.93. The third-order valence-corrected chi connectivity index (χ3v) is 4.86. The van der Waals surface area contributed by atoms with Crippen molar-refractivity contribution in [3.8, 4) is 0 Å². The van der Waals surface area contributed by atoms with Crippen LogP contribution in [-0.4, -0.2) is 60.0 Å². The van der Waals surface area contributed by atoms with Crippen LogP contribution in [0.2, 0.25) is 0 Å². The molecular formula is C16H32N2O2. The molecule has 1 aliphatic carbocycles. The molecule has 0 aromatic heterocycles. The van der Waals surface area contributed by atoms with Crippen LogP contribution in [0.5, 0.6) is 0 Å². The molecule has 2 fully saturated rings. The maximum atomic E-state index is 9.82. The first-order valence-corrected chi connectivity index (χ1v) is 8.33. The SMILES string of the molecule is CCN(CC1CCCO1)C1CCC(CO)(NC(C)C)C1. The molecule has 0 amide bonds. The fourth-order valence-corrected chi connectivity index (χ4v) is 3.93. The van der Waals surface area contributed by atoms with Crippen LogP contribution in [0, 0.1) is 0 Å². The van der Waals surface area contributed by atoms with Crippen LogP contribution < -0.4 is 5.32 Å². The Morgan fingerprint density at radius 2 is 2.20 bits per heavy atom. The summed E-state index contributed by atoms with van der Waals surface area (Å²) >= 11 is 0. The van der Waals surface area contributed by atoms with Gasteiger partial charge in [0.1, 0.15) is 0 Å². The van der Waals surface area contributed by atoms with Gasteiger partial charge in [0, 0.05) is 30.8 Å². The van der Waals surface area contributed by atoms with Crippen molar-refractivity contribution in [3.63, 3.8) is 0 Å². The molecule has 118 valence electrons. The Bertz CT molecular complexity index is 292. The van der Waals surface area contributed by atoms with Crippen molar-refractivity contribution in [3.05, 3.63) is 0 Å². The third-order valence-electron chi connectivity index (χ3n) is 4.86. The van der Waals surface area contributed by atoms with Gasteiger partial charge in [-0.2, -0.15) is 0 Å². The molecule has 0 aromatic carbocycles. The molecule has 0 radical (unpaired) electrons. The molecule has 0 aromatic rings. The average Bonchev–Trinajstić information content (AvgIpc) is 3.05. The maximum absolute atomic E-state index is 9.82. The van der Waals surface area contributed by atoms with E-state index >= 15 is 0 Å². The highest BCUT2D eigenvalue weighted by Gasteiger charge is 2.41. The molecule has 4 heteroatoms. The highest BCUT2D eigenvalue weighted by atomic mass is 16.5. The van der Waals surface area contributed by atoms with Gasteiger partial charge in [-0.1, -0.05) is 20.8 Å². The molecule has 2 rings (SSSR count). The van der Waals surface area contributed by atoms with E-state index in [0.29, 0.717) is 18.2 Å². The first-order chi connectivity index (χ1) is 9.58. The van der Waals surface area contributed by atoms with Crippen molar-refractivity contribution >= 4 is 0 Å². The van der Waals surface area contributed by atoms with Crippen LogP contribution in [0.3, 0.4) is 0 Å². The van der Waals surface area contributed by atoms with Gasteiger partial charge in [-0.3, -0.25) is 4.90 Å². The van der Waals surface area contributed by atoms with Gasteiger partial charge in [0.15, 0.2) is 0 Å². The minimum absolute atomic E-state index is 0.0667. The van der Waals surface area contributed by atoms with E-state index in [1.807, 2.05) is 0 Å². The topological polar surface area (TPSA) is 44.7 Å². The zero-order valence-electron chi connectivity index (χ0n) is 13.4. The summed E-state index contributed by atoms with van der Waals surface area (Å²) in [4.78, 5) is 2.56. The van der Waals surface area contributed by atoms with Crippen molar-refractivity contribution in [2.24, 2.45) is 0 Å². The van der Waals surface area contributed by atoms with Gasteiger partial charge >= 0.3 is 0 Å². The van der Waals surface area contributed by atoms with E-state index in [9.17, 15) is 5.11 Å². The Labute approximate surface area is 123 Å². The lowest BCUT2D eigenvalue weighted by atomic mass is 9.97. The van der Waals surface area contributed by atoms with Gasteiger partial charge in [0.2, 0.25) is 0 Å². The number of hydrogen-bond acceptors (Lipinski definition) is 4. The highest BCUT2D eigenvalue weighted by molar-refractivity contribution is 5.00. The normalized spacial score (nSPS) is 34.5. The van der Waals surface area contributed by atoms with Crippen molar-refractivity contribution in [1.82, 2.24) is 10.2 Å². The predicted octanol–water partition coefficient (Wildman–Crippen LogP) is 1.77. The van der Waals surface area contributed by atoms with E-state index in [1.54, 1.807) is 0 Å². The van der Waals surface area contributed by atoms with E-state index in [4.69, 9.17) is 4.74 Å². The average molecular weight is 284 g/mol. The number of nitrogens with one attached hydrogen (secondary N) is 1. The third kappa shape index (κ3) is 3.94. The summed E-state index contributed by atoms with van der Waals surface area (Å²) in [5.41, 5.74) is -0.0667. The monoisotopic (exact) mass is 284 g/mol. The molecule has 0 spiro atoms. The zero-order valence-corrected chi connectivity index (χ0v) is 13.4. The van der Waals surface area contributed by atoms with Gasteiger partial charge in [-0.05, 0) is 38.6 Å². The highest BCUT2D eigenvalue weighted by Crippen LogP contribution is 2.34. The van der Waals surface area contributed by atoms with E-state index in [0.717, 1.165) is 32.5 Å². The number of aliphatic hydroxyl groups is 1. The van der Waals surface area contributed by atoms with Crippen molar-refractivity contribution in [2.75, 3.05) is 26.3 Å². The molecule has 1 heterocycles. The Hall–Kier alpha value is -0.160. The smallest absolute Gasteiger partial charge is 0.0702 e. The van der Waals surface area contributed by atoms with Crippen LogP contribution in [0.15, 0.2) is 0 Å². The number of ether oxygens (including phenoxy) is 1. The molecule has 20 heavy (non-hydrogen) atoms. The lowest BCUT2D eigenvalue weighted by Gasteiger charge is -2.34. The standard InChI is InChI=1S/C16H32N2O2/c1-4-18(11-15-6-5-9-20-15)14-7-8-16(10-14,12-19)17-13(2)3/h13-15,17,19H,4-12H2,1-3H3. The molecule has 1 saturated carbocycles. The second kappa shape index (κ2) is 7.21. The van der Waals surface area contributed by atoms with Crippen molar-refractivity contribution in [2.45, 2.75) is 76.6 Å². The minimum Gasteiger partial charge on any atom is -0.394 e. The number of hydrogen-bond donors (Lipinski definition) is 2. The van der Waals surface area contributed by atoms with Crippen LogP contribution in [0.4, 0.5) is 0 Å². The number of aliphatic hydroxyl groups excluding tert-OH is 1. The number of nitrogens with zero attached hydrogens (tertiary/aromatic N) is 1. The predicted molar refractivity (Wildman–Crippen MR) is 81.9 cm³/mol. The molecule has 1 aliphatic heterocycles. The van der Waals surface area contributed by atoms with Crippen molar-refractivity contribution in [1.29, 1.82) is 0 Å². The summed E-state index contributed by atoms with van der Waals surface area (Å²) in [6.07, 6.45) is 6.16. The second-order valence-electron chi connectivity index (χ2n) is 6.86. The number of rotatable bonds is 7. The number of likely N-dealkylation sites (N-methyl/N-ethyl adjacent to an activating group) is 1. The lowest BCUT2D eigenvalue weighted by Crippen LogP contribution is -2.51. The van der Waals surface area contributed by atoms with Gasteiger partial charge < -0.3 is 15.2 Å². The molecule has 2 aliphatic rings. The molecule has 1 saturated heterocycles. The van der Waals surface area contributed by atoms with E-state index < -0.39 is 0 Å². The van der Waals surface area contributed by atoms with Crippen molar-refractivity contribution < 1.29 is 9.84 Å². The second-order valence-corrected chi connectivity index (χ2v) is 6.86. The maximum Gasteiger partial charge on any atom is 0.0702 e. The summed E-state index contributed by atoms with van der Waals surface area (Å²) in [7, 11) is 0. The summed E-state index contributed by atoms with van der Waals surface area (Å²) in [5, 5.41) is 13.4. The van der Waals surface area contributed by atoms with Crippen LogP contribution in [-0.2, 0) is 4.74 Å². The largest absolute Gasteiger partial charge is 0.394 e. The van der Waals surface area contributed by atoms with Gasteiger partial charge in [-0.15, -0.1) is 0 Å². The van der Waals surface area contributed by atoms with Gasteiger partial charge in [0.25, 0.3) is 0 Å². The fraction of sp³-hybridized carbons (Fsp3) is 1.00. The van der Waals surface area contributed by atoms with E-state index in [1.165, 1.54) is 19.3 Å².